The summed E-state index contributed by atoms with van der Waals surface area (Å²) >= 11 is 0. The van der Waals surface area contributed by atoms with Gasteiger partial charge < -0.3 is 19.8 Å². The first kappa shape index (κ1) is 16.9. The number of fused-ring (bicyclic) bond motifs is 1. The van der Waals surface area contributed by atoms with Gasteiger partial charge in [0.1, 0.15) is 5.75 Å². The molecule has 2 heterocycles. The second-order valence-electron chi connectivity index (χ2n) is 7.22. The Morgan fingerprint density at radius 3 is 2.38 bits per heavy atom. The summed E-state index contributed by atoms with van der Waals surface area (Å²) in [7, 11) is 0. The van der Waals surface area contributed by atoms with Crippen molar-refractivity contribution in [2.45, 2.75) is 19.4 Å². The zero-order chi connectivity index (χ0) is 18.1. The average molecular weight is 352 g/mol. The van der Waals surface area contributed by atoms with Crippen molar-refractivity contribution in [1.82, 2.24) is 0 Å². The lowest BCUT2D eigenvalue weighted by Crippen LogP contribution is -3.19. The molecule has 2 aliphatic heterocycles. The number of rotatable bonds is 3. The van der Waals surface area contributed by atoms with Crippen molar-refractivity contribution >= 4 is 17.3 Å². The third-order valence-corrected chi connectivity index (χ3v) is 5.76. The molecule has 5 heteroatoms. The van der Waals surface area contributed by atoms with Crippen LogP contribution in [-0.4, -0.2) is 49.8 Å². The molecule has 0 aromatic heterocycles. The Balaban J connectivity index is 1.40. The zero-order valence-electron chi connectivity index (χ0n) is 15.2. The van der Waals surface area contributed by atoms with Gasteiger partial charge in [0.15, 0.2) is 6.04 Å². The van der Waals surface area contributed by atoms with E-state index in [0.717, 1.165) is 50.5 Å². The van der Waals surface area contributed by atoms with Gasteiger partial charge in [0.25, 0.3) is 5.91 Å². The number of para-hydroxylation sites is 3. The van der Waals surface area contributed by atoms with Crippen LogP contribution in [0.3, 0.4) is 0 Å². The fourth-order valence-corrected chi connectivity index (χ4v) is 4.17. The molecule has 0 spiro atoms. The summed E-state index contributed by atoms with van der Waals surface area (Å²) in [6, 6.07) is 15.6. The number of anilines is 2. The summed E-state index contributed by atoms with van der Waals surface area (Å²) in [5, 5.41) is 10.1. The van der Waals surface area contributed by atoms with Crippen molar-refractivity contribution in [2.75, 3.05) is 42.5 Å². The lowest BCUT2D eigenvalue weighted by atomic mass is 10.1. The van der Waals surface area contributed by atoms with Gasteiger partial charge in [-0.3, -0.25) is 4.79 Å². The van der Waals surface area contributed by atoms with Gasteiger partial charge in [0, 0.05) is 12.2 Å². The lowest BCUT2D eigenvalue weighted by Gasteiger charge is -2.37. The fraction of sp³-hybridized carbons (Fsp3) is 0.381. The minimum absolute atomic E-state index is 0.0484. The SMILES string of the molecule is C[C@@H](C(=O)N1CCc2ccccc21)[NH+]1CCN(c2ccccc2O)CC1. The number of aromatic hydroxyl groups is 1. The van der Waals surface area contributed by atoms with E-state index < -0.39 is 0 Å². The van der Waals surface area contributed by atoms with Crippen molar-refractivity contribution in [3.63, 3.8) is 0 Å². The molecule has 0 saturated carbocycles. The maximum absolute atomic E-state index is 13.1. The van der Waals surface area contributed by atoms with Crippen LogP contribution >= 0.6 is 0 Å². The van der Waals surface area contributed by atoms with E-state index in [0.29, 0.717) is 5.75 Å². The van der Waals surface area contributed by atoms with E-state index >= 15 is 0 Å². The number of hydrogen-bond donors (Lipinski definition) is 2. The molecule has 5 nitrogen and oxygen atoms in total. The fourth-order valence-electron chi connectivity index (χ4n) is 4.17. The summed E-state index contributed by atoms with van der Waals surface area (Å²) < 4.78 is 0. The Morgan fingerprint density at radius 2 is 1.65 bits per heavy atom. The molecule has 1 amide bonds. The van der Waals surface area contributed by atoms with Crippen LogP contribution in [0.5, 0.6) is 5.75 Å². The van der Waals surface area contributed by atoms with Crippen LogP contribution in [0.4, 0.5) is 11.4 Å². The van der Waals surface area contributed by atoms with Gasteiger partial charge in [0.2, 0.25) is 0 Å². The normalized spacial score (nSPS) is 18.7. The van der Waals surface area contributed by atoms with Gasteiger partial charge in [-0.1, -0.05) is 30.3 Å². The molecule has 2 aliphatic rings. The number of phenolic OH excluding ortho intramolecular Hbond substituents is 1. The summed E-state index contributed by atoms with van der Waals surface area (Å²) in [5.41, 5.74) is 3.24. The molecule has 26 heavy (non-hydrogen) atoms. The number of carbonyl (C=O) groups is 1. The molecule has 2 N–H and O–H groups in total. The predicted octanol–water partition coefficient (Wildman–Crippen LogP) is 1.07. The van der Waals surface area contributed by atoms with Crippen LogP contribution in [0, 0.1) is 0 Å². The highest BCUT2D eigenvalue weighted by molar-refractivity contribution is 5.97. The standard InChI is InChI=1S/C21H25N3O2/c1-16(21(26)24-11-10-17-6-2-3-7-18(17)24)22-12-14-23(15-13-22)19-8-4-5-9-20(19)25/h2-9,16,25H,10-15H2,1H3/p+1/t16-/m0/s1. The molecule has 136 valence electrons. The molecule has 0 unspecified atom stereocenters. The number of nitrogens with one attached hydrogen (secondary N) is 1. The minimum Gasteiger partial charge on any atom is -0.506 e. The first-order chi connectivity index (χ1) is 12.6. The molecule has 1 fully saturated rings. The molecule has 1 saturated heterocycles. The van der Waals surface area contributed by atoms with Gasteiger partial charge in [-0.2, -0.15) is 0 Å². The second-order valence-corrected chi connectivity index (χ2v) is 7.22. The Kier molecular flexibility index (Phi) is 4.55. The van der Waals surface area contributed by atoms with Gasteiger partial charge >= 0.3 is 0 Å². The number of phenols is 1. The van der Waals surface area contributed by atoms with E-state index in [2.05, 4.69) is 17.0 Å². The van der Waals surface area contributed by atoms with Gasteiger partial charge in [-0.15, -0.1) is 0 Å². The van der Waals surface area contributed by atoms with Crippen molar-refractivity contribution < 1.29 is 14.8 Å². The van der Waals surface area contributed by atoms with Crippen LogP contribution in [-0.2, 0) is 11.2 Å². The van der Waals surface area contributed by atoms with Gasteiger partial charge in [0.05, 0.1) is 31.9 Å². The highest BCUT2D eigenvalue weighted by atomic mass is 16.3. The maximum atomic E-state index is 13.1. The van der Waals surface area contributed by atoms with Crippen molar-refractivity contribution in [2.24, 2.45) is 0 Å². The van der Waals surface area contributed by atoms with Crippen LogP contribution in [0.15, 0.2) is 48.5 Å². The van der Waals surface area contributed by atoms with Crippen LogP contribution in [0.2, 0.25) is 0 Å². The van der Waals surface area contributed by atoms with E-state index in [4.69, 9.17) is 0 Å². The Morgan fingerprint density at radius 1 is 1.00 bits per heavy atom. The molecule has 0 bridgehead atoms. The summed E-state index contributed by atoms with van der Waals surface area (Å²) in [5.74, 6) is 0.551. The molecule has 2 aromatic rings. The molecule has 0 radical (unpaired) electrons. The van der Waals surface area contributed by atoms with Crippen LogP contribution in [0.1, 0.15) is 12.5 Å². The van der Waals surface area contributed by atoms with Gasteiger partial charge in [-0.25, -0.2) is 0 Å². The van der Waals surface area contributed by atoms with Crippen LogP contribution in [0.25, 0.3) is 0 Å². The average Bonchev–Trinajstić information content (AvgIpc) is 3.11. The van der Waals surface area contributed by atoms with Crippen molar-refractivity contribution in [3.05, 3.63) is 54.1 Å². The number of carbonyl (C=O) groups excluding carboxylic acids is 1. The van der Waals surface area contributed by atoms with E-state index in [-0.39, 0.29) is 11.9 Å². The smallest absolute Gasteiger partial charge is 0.284 e. The third-order valence-electron chi connectivity index (χ3n) is 5.76. The van der Waals surface area contributed by atoms with E-state index in [1.807, 2.05) is 42.2 Å². The quantitative estimate of drug-likeness (QED) is 0.869. The maximum Gasteiger partial charge on any atom is 0.284 e. The molecule has 2 aromatic carbocycles. The van der Waals surface area contributed by atoms with E-state index in [1.54, 1.807) is 6.07 Å². The second kappa shape index (κ2) is 7.00. The number of benzene rings is 2. The summed E-state index contributed by atoms with van der Waals surface area (Å²) in [6.07, 6.45) is 0.949. The van der Waals surface area contributed by atoms with E-state index in [9.17, 15) is 9.90 Å². The van der Waals surface area contributed by atoms with E-state index in [1.165, 1.54) is 10.5 Å². The monoisotopic (exact) mass is 352 g/mol. The summed E-state index contributed by atoms with van der Waals surface area (Å²) in [4.78, 5) is 18.6. The topological polar surface area (TPSA) is 48.2 Å². The number of nitrogens with zero attached hydrogens (tertiary/aromatic N) is 2. The Bertz CT molecular complexity index is 799. The van der Waals surface area contributed by atoms with Crippen molar-refractivity contribution in [3.8, 4) is 5.75 Å². The summed E-state index contributed by atoms with van der Waals surface area (Å²) in [6.45, 7) is 6.34. The first-order valence-corrected chi connectivity index (χ1v) is 9.42. The molecule has 4 rings (SSSR count). The predicted molar refractivity (Wildman–Crippen MR) is 103 cm³/mol. The molecular formula is C21H26N3O2+. The molecule has 0 aliphatic carbocycles. The number of hydrogen-bond acceptors (Lipinski definition) is 3. The Labute approximate surface area is 154 Å². The highest BCUT2D eigenvalue weighted by Gasteiger charge is 2.35. The Hall–Kier alpha value is -2.53. The highest BCUT2D eigenvalue weighted by Crippen LogP contribution is 2.28. The lowest BCUT2D eigenvalue weighted by molar-refractivity contribution is -0.914. The number of amides is 1. The zero-order valence-corrected chi connectivity index (χ0v) is 15.2. The first-order valence-electron chi connectivity index (χ1n) is 9.42. The third kappa shape index (κ3) is 3.03. The molecule has 1 atom stereocenters. The van der Waals surface area contributed by atoms with Gasteiger partial charge in [-0.05, 0) is 37.1 Å². The van der Waals surface area contributed by atoms with Crippen LogP contribution < -0.4 is 14.7 Å². The number of piperazine rings is 1. The van der Waals surface area contributed by atoms with Crippen molar-refractivity contribution in [1.29, 1.82) is 0 Å². The largest absolute Gasteiger partial charge is 0.506 e. The molecular weight excluding hydrogens is 326 g/mol. The minimum atomic E-state index is -0.0484. The number of quaternary nitrogens is 1.